The fraction of sp³-hybridized carbons (Fsp3) is 0.500. The fourth-order valence-electron chi connectivity index (χ4n) is 4.65. The summed E-state index contributed by atoms with van der Waals surface area (Å²) in [6.07, 6.45) is 5.77. The van der Waals surface area contributed by atoms with Crippen LogP contribution in [0.5, 0.6) is 5.75 Å². The Morgan fingerprint density at radius 3 is 2.50 bits per heavy atom. The van der Waals surface area contributed by atoms with Gasteiger partial charge in [-0.1, -0.05) is 0 Å². The van der Waals surface area contributed by atoms with Crippen LogP contribution in [0.4, 0.5) is 0 Å². The van der Waals surface area contributed by atoms with Crippen molar-refractivity contribution in [3.8, 4) is 5.75 Å². The van der Waals surface area contributed by atoms with Gasteiger partial charge in [0.25, 0.3) is 15.9 Å². The van der Waals surface area contributed by atoms with Crippen molar-refractivity contribution in [2.24, 2.45) is 5.41 Å². The first kappa shape index (κ1) is 25.0. The van der Waals surface area contributed by atoms with E-state index in [1.807, 2.05) is 11.2 Å². The van der Waals surface area contributed by atoms with Crippen molar-refractivity contribution in [2.75, 3.05) is 46.7 Å². The molecule has 2 aromatic rings. The summed E-state index contributed by atoms with van der Waals surface area (Å²) in [5.74, 6) is -0.643. The van der Waals surface area contributed by atoms with E-state index in [0.717, 1.165) is 30.6 Å². The second-order valence-corrected chi connectivity index (χ2v) is 12.2. The molecule has 2 aromatic heterocycles. The first-order chi connectivity index (χ1) is 16.3. The number of methoxy groups -OCH3 is 2. The monoisotopic (exact) mass is 525 g/mol. The van der Waals surface area contributed by atoms with E-state index in [2.05, 4.69) is 4.98 Å². The molecule has 4 rings (SSSR count). The lowest BCUT2D eigenvalue weighted by Gasteiger charge is -2.39. The number of thioether (sulfide) groups is 1. The largest absolute Gasteiger partial charge is 0.494 e. The Morgan fingerprint density at radius 1 is 1.15 bits per heavy atom. The number of thiophene rings is 1. The quantitative estimate of drug-likeness (QED) is 0.419. The number of piperidine rings is 1. The first-order valence-electron chi connectivity index (χ1n) is 10.8. The highest BCUT2D eigenvalue weighted by Gasteiger charge is 2.46. The van der Waals surface area contributed by atoms with Crippen LogP contribution in [0.3, 0.4) is 0 Å². The average Bonchev–Trinajstić information content (AvgIpc) is 3.49. The molecule has 4 heterocycles. The van der Waals surface area contributed by atoms with Gasteiger partial charge >= 0.3 is 5.97 Å². The minimum absolute atomic E-state index is 0.0150. The molecular weight excluding hydrogens is 498 g/mol. The maximum atomic E-state index is 13.4. The molecule has 12 heteroatoms. The molecule has 9 nitrogen and oxygen atoms in total. The topological polar surface area (TPSA) is 106 Å². The molecule has 0 atom stereocenters. The molecule has 0 N–H and O–H groups in total. The van der Waals surface area contributed by atoms with Crippen LogP contribution in [0.15, 0.2) is 32.9 Å². The molecule has 2 saturated heterocycles. The van der Waals surface area contributed by atoms with Gasteiger partial charge in [0.2, 0.25) is 0 Å². The molecule has 0 unspecified atom stereocenters. The Morgan fingerprint density at radius 2 is 1.85 bits per heavy atom. The molecule has 0 saturated carbocycles. The van der Waals surface area contributed by atoms with E-state index in [0.29, 0.717) is 36.8 Å². The SMILES string of the molecule is COC(=O)c1csc(S(=O)(=O)N2CCC3(CCN(C(=O)c4cccnc4SC)CC3)C2)c1OC. The van der Waals surface area contributed by atoms with Crippen LogP contribution < -0.4 is 4.74 Å². The second-order valence-electron chi connectivity index (χ2n) is 8.40. The van der Waals surface area contributed by atoms with Gasteiger partial charge < -0.3 is 14.4 Å². The second kappa shape index (κ2) is 9.84. The summed E-state index contributed by atoms with van der Waals surface area (Å²) in [5.41, 5.74) is 0.540. The lowest BCUT2D eigenvalue weighted by atomic mass is 9.78. The fourth-order valence-corrected chi connectivity index (χ4v) is 8.30. The number of rotatable bonds is 6. The van der Waals surface area contributed by atoms with Gasteiger partial charge in [-0.05, 0) is 43.1 Å². The van der Waals surface area contributed by atoms with Gasteiger partial charge in [-0.2, -0.15) is 4.31 Å². The van der Waals surface area contributed by atoms with E-state index in [4.69, 9.17) is 9.47 Å². The van der Waals surface area contributed by atoms with Crippen molar-refractivity contribution in [3.05, 3.63) is 34.8 Å². The molecule has 184 valence electrons. The molecule has 0 bridgehead atoms. The van der Waals surface area contributed by atoms with E-state index in [9.17, 15) is 18.0 Å². The van der Waals surface area contributed by atoms with Gasteiger partial charge in [0, 0.05) is 37.8 Å². The van der Waals surface area contributed by atoms with Crippen molar-refractivity contribution in [1.29, 1.82) is 0 Å². The first-order valence-corrected chi connectivity index (χ1v) is 14.3. The predicted molar refractivity (Wildman–Crippen MR) is 129 cm³/mol. The number of carbonyl (C=O) groups excluding carboxylic acids is 2. The van der Waals surface area contributed by atoms with E-state index in [-0.39, 0.29) is 26.8 Å². The van der Waals surface area contributed by atoms with Gasteiger partial charge in [-0.3, -0.25) is 4.79 Å². The van der Waals surface area contributed by atoms with Gasteiger partial charge in [-0.25, -0.2) is 18.2 Å². The number of esters is 1. The lowest BCUT2D eigenvalue weighted by molar-refractivity contribution is 0.0587. The zero-order valence-electron chi connectivity index (χ0n) is 19.3. The van der Waals surface area contributed by atoms with Crippen molar-refractivity contribution in [1.82, 2.24) is 14.2 Å². The maximum Gasteiger partial charge on any atom is 0.342 e. The summed E-state index contributed by atoms with van der Waals surface area (Å²) in [4.78, 5) is 31.2. The number of sulfonamides is 1. The highest BCUT2D eigenvalue weighted by atomic mass is 32.2. The zero-order valence-corrected chi connectivity index (χ0v) is 21.7. The molecular formula is C22H27N3O6S3. The highest BCUT2D eigenvalue weighted by molar-refractivity contribution is 7.98. The third kappa shape index (κ3) is 4.43. The summed E-state index contributed by atoms with van der Waals surface area (Å²) in [6.45, 7) is 1.92. The van der Waals surface area contributed by atoms with E-state index in [1.54, 1.807) is 18.3 Å². The Hall–Kier alpha value is -2.15. The molecule has 0 aliphatic carbocycles. The van der Waals surface area contributed by atoms with Crippen molar-refractivity contribution in [3.63, 3.8) is 0 Å². The van der Waals surface area contributed by atoms with Gasteiger partial charge in [0.05, 0.1) is 19.8 Å². The number of pyridine rings is 1. The Balaban J connectivity index is 1.46. The number of likely N-dealkylation sites (tertiary alicyclic amines) is 1. The summed E-state index contributed by atoms with van der Waals surface area (Å²) in [7, 11) is -1.25. The molecule has 1 amide bonds. The van der Waals surface area contributed by atoms with Crippen LogP contribution in [0.1, 0.15) is 40.0 Å². The van der Waals surface area contributed by atoms with Crippen LogP contribution in [0, 0.1) is 5.41 Å². The van der Waals surface area contributed by atoms with Gasteiger partial charge in [0.1, 0.15) is 10.6 Å². The van der Waals surface area contributed by atoms with E-state index >= 15 is 0 Å². The summed E-state index contributed by atoms with van der Waals surface area (Å²) < 4.78 is 38.4. The Labute approximate surface area is 207 Å². The molecule has 2 aliphatic heterocycles. The number of carbonyl (C=O) groups is 2. The molecule has 2 fully saturated rings. The van der Waals surface area contributed by atoms with E-state index < -0.39 is 16.0 Å². The summed E-state index contributed by atoms with van der Waals surface area (Å²) in [5, 5.41) is 2.16. The standard InChI is InChI=1S/C22H27N3O6S3/c1-30-17-16(20(27)31-2)13-33-21(17)34(28,29)25-12-8-22(14-25)6-10-24(11-7-22)19(26)15-5-4-9-23-18(15)32-3/h4-5,9,13H,6-8,10-12,14H2,1-3H3. The summed E-state index contributed by atoms with van der Waals surface area (Å²) >= 11 is 2.41. The number of ether oxygens (including phenoxy) is 2. The van der Waals surface area contributed by atoms with E-state index in [1.165, 1.54) is 35.7 Å². The molecule has 34 heavy (non-hydrogen) atoms. The van der Waals surface area contributed by atoms with Crippen LogP contribution in [-0.4, -0.2) is 81.1 Å². The van der Waals surface area contributed by atoms with Crippen molar-refractivity contribution < 1.29 is 27.5 Å². The lowest BCUT2D eigenvalue weighted by Crippen LogP contribution is -2.44. The Bertz CT molecular complexity index is 1190. The Kier molecular flexibility index (Phi) is 7.22. The minimum Gasteiger partial charge on any atom is -0.494 e. The van der Waals surface area contributed by atoms with Crippen LogP contribution in [-0.2, 0) is 14.8 Å². The smallest absolute Gasteiger partial charge is 0.342 e. The number of hydrogen-bond donors (Lipinski definition) is 0. The van der Waals surface area contributed by atoms with Crippen molar-refractivity contribution >= 4 is 45.0 Å². The van der Waals surface area contributed by atoms with Gasteiger partial charge in [0.15, 0.2) is 9.96 Å². The third-order valence-electron chi connectivity index (χ3n) is 6.61. The highest BCUT2D eigenvalue weighted by Crippen LogP contribution is 2.45. The molecule has 2 aliphatic rings. The number of hydrogen-bond acceptors (Lipinski definition) is 9. The maximum absolute atomic E-state index is 13.4. The van der Waals surface area contributed by atoms with Crippen LogP contribution in [0.2, 0.25) is 0 Å². The van der Waals surface area contributed by atoms with Crippen molar-refractivity contribution in [2.45, 2.75) is 28.5 Å². The molecule has 1 spiro atoms. The molecule has 0 radical (unpaired) electrons. The van der Waals surface area contributed by atoms with Crippen LogP contribution >= 0.6 is 23.1 Å². The normalized spacial score (nSPS) is 18.3. The van der Waals surface area contributed by atoms with Gasteiger partial charge in [-0.15, -0.1) is 23.1 Å². The summed E-state index contributed by atoms with van der Waals surface area (Å²) in [6, 6.07) is 3.56. The third-order valence-corrected chi connectivity index (χ3v) is 10.6. The average molecular weight is 526 g/mol. The zero-order chi connectivity index (χ0) is 24.5. The number of nitrogens with zero attached hydrogens (tertiary/aromatic N) is 3. The number of amides is 1. The minimum atomic E-state index is -3.83. The van der Waals surface area contributed by atoms with Crippen LogP contribution in [0.25, 0.3) is 0 Å². The predicted octanol–water partition coefficient (Wildman–Crippen LogP) is 2.98. The number of aromatic nitrogens is 1. The molecule has 0 aromatic carbocycles.